The minimum atomic E-state index is -0.927. The molecule has 0 aliphatic heterocycles. The average Bonchev–Trinajstić information content (AvgIpc) is 3.21. The minimum Gasteiger partial charge on any atom is -0.454 e. The van der Waals surface area contributed by atoms with Gasteiger partial charge in [0.05, 0.1) is 0 Å². The molecular formula is C20H18N4O5. The molecule has 3 aromatic rings. The van der Waals surface area contributed by atoms with Crippen LogP contribution in [0.15, 0.2) is 65.1 Å². The van der Waals surface area contributed by atoms with E-state index in [0.717, 1.165) is 0 Å². The summed E-state index contributed by atoms with van der Waals surface area (Å²) in [5, 5.41) is 12.4. The Labute approximate surface area is 166 Å². The average molecular weight is 394 g/mol. The summed E-state index contributed by atoms with van der Waals surface area (Å²) in [6, 6.07) is 16.4. The summed E-state index contributed by atoms with van der Waals surface area (Å²) in [7, 11) is 0. The van der Waals surface area contributed by atoms with Crippen LogP contribution in [-0.4, -0.2) is 40.6 Å². The van der Waals surface area contributed by atoms with E-state index in [1.54, 1.807) is 42.5 Å². The Balaban J connectivity index is 1.46. The molecule has 0 saturated carbocycles. The third-order valence-electron chi connectivity index (χ3n) is 3.77. The predicted molar refractivity (Wildman–Crippen MR) is 103 cm³/mol. The van der Waals surface area contributed by atoms with Gasteiger partial charge in [0.25, 0.3) is 11.8 Å². The molecule has 9 heteroatoms. The van der Waals surface area contributed by atoms with E-state index in [4.69, 9.17) is 9.15 Å². The molecule has 0 saturated heterocycles. The maximum atomic E-state index is 12.0. The van der Waals surface area contributed by atoms with Crippen LogP contribution in [0.1, 0.15) is 17.3 Å². The van der Waals surface area contributed by atoms with E-state index in [9.17, 15) is 14.4 Å². The molecule has 0 radical (unpaired) electrons. The number of anilines is 1. The maximum absolute atomic E-state index is 12.0. The fourth-order valence-corrected chi connectivity index (χ4v) is 2.32. The van der Waals surface area contributed by atoms with Crippen LogP contribution in [0, 0.1) is 0 Å². The van der Waals surface area contributed by atoms with Crippen molar-refractivity contribution in [2.45, 2.75) is 13.0 Å². The molecule has 2 N–H and O–H groups in total. The number of benzene rings is 2. The van der Waals surface area contributed by atoms with Gasteiger partial charge < -0.3 is 14.5 Å². The standard InChI is InChI=1S/C20H18N4O5/c1-13(21-17(26)14-8-4-2-5-9-14)19(27)28-12-16(25)22-20-24-23-18(29-20)15-10-6-3-7-11-15/h2-11,13H,12H2,1H3,(H,21,26)(H,22,24,25)/t13-/m0/s1. The molecule has 2 amide bonds. The Morgan fingerprint density at radius 1 is 1.00 bits per heavy atom. The molecule has 2 aromatic carbocycles. The molecule has 1 aromatic heterocycles. The van der Waals surface area contributed by atoms with Crippen molar-refractivity contribution in [3.05, 3.63) is 66.2 Å². The number of carbonyl (C=O) groups excluding carboxylic acids is 3. The fourth-order valence-electron chi connectivity index (χ4n) is 2.32. The lowest BCUT2D eigenvalue weighted by molar-refractivity contribution is -0.148. The van der Waals surface area contributed by atoms with Gasteiger partial charge in [0.1, 0.15) is 6.04 Å². The highest BCUT2D eigenvalue weighted by molar-refractivity contribution is 5.97. The lowest BCUT2D eigenvalue weighted by Crippen LogP contribution is -2.40. The quantitative estimate of drug-likeness (QED) is 0.588. The Bertz CT molecular complexity index is 988. The van der Waals surface area contributed by atoms with Gasteiger partial charge in [-0.3, -0.25) is 14.9 Å². The van der Waals surface area contributed by atoms with Crippen molar-refractivity contribution in [1.82, 2.24) is 15.5 Å². The predicted octanol–water partition coefficient (Wildman–Crippen LogP) is 2.04. The zero-order valence-corrected chi connectivity index (χ0v) is 15.5. The van der Waals surface area contributed by atoms with E-state index >= 15 is 0 Å². The molecule has 29 heavy (non-hydrogen) atoms. The molecule has 0 unspecified atom stereocenters. The smallest absolute Gasteiger partial charge is 0.328 e. The Hall–Kier alpha value is -4.01. The Morgan fingerprint density at radius 3 is 2.34 bits per heavy atom. The summed E-state index contributed by atoms with van der Waals surface area (Å²) in [5.41, 5.74) is 1.12. The number of ether oxygens (including phenoxy) is 1. The number of aromatic nitrogens is 2. The number of amides is 2. The Kier molecular flexibility index (Phi) is 6.31. The third kappa shape index (κ3) is 5.48. The lowest BCUT2D eigenvalue weighted by atomic mass is 10.2. The molecule has 148 valence electrons. The van der Waals surface area contributed by atoms with Crippen molar-refractivity contribution >= 4 is 23.8 Å². The summed E-state index contributed by atoms with van der Waals surface area (Å²) >= 11 is 0. The highest BCUT2D eigenvalue weighted by Gasteiger charge is 2.19. The molecule has 9 nitrogen and oxygen atoms in total. The first-order valence-electron chi connectivity index (χ1n) is 8.74. The second-order valence-electron chi connectivity index (χ2n) is 6.00. The summed E-state index contributed by atoms with van der Waals surface area (Å²) in [4.78, 5) is 35.9. The number of hydrogen-bond acceptors (Lipinski definition) is 7. The van der Waals surface area contributed by atoms with Gasteiger partial charge in [-0.25, -0.2) is 4.79 Å². The van der Waals surface area contributed by atoms with Crippen molar-refractivity contribution in [1.29, 1.82) is 0 Å². The third-order valence-corrected chi connectivity index (χ3v) is 3.77. The molecular weight excluding hydrogens is 376 g/mol. The molecule has 0 bridgehead atoms. The summed E-state index contributed by atoms with van der Waals surface area (Å²) in [6.07, 6.45) is 0. The molecule has 0 aliphatic rings. The van der Waals surface area contributed by atoms with Crippen molar-refractivity contribution in [2.75, 3.05) is 11.9 Å². The van der Waals surface area contributed by atoms with Crippen LogP contribution in [0.4, 0.5) is 6.01 Å². The number of esters is 1. The topological polar surface area (TPSA) is 123 Å². The van der Waals surface area contributed by atoms with Crippen molar-refractivity contribution < 1.29 is 23.5 Å². The van der Waals surface area contributed by atoms with Crippen LogP contribution in [0.2, 0.25) is 0 Å². The molecule has 3 rings (SSSR count). The first-order valence-corrected chi connectivity index (χ1v) is 8.74. The van der Waals surface area contributed by atoms with E-state index in [1.807, 2.05) is 18.2 Å². The monoisotopic (exact) mass is 394 g/mol. The van der Waals surface area contributed by atoms with Gasteiger partial charge in [-0.15, -0.1) is 5.10 Å². The first kappa shape index (κ1) is 19.7. The van der Waals surface area contributed by atoms with Crippen molar-refractivity contribution in [2.24, 2.45) is 0 Å². The highest BCUT2D eigenvalue weighted by atomic mass is 16.5. The second-order valence-corrected chi connectivity index (χ2v) is 6.00. The number of nitrogens with zero attached hydrogens (tertiary/aromatic N) is 2. The van der Waals surface area contributed by atoms with E-state index in [-0.39, 0.29) is 11.9 Å². The van der Waals surface area contributed by atoms with E-state index < -0.39 is 30.4 Å². The SMILES string of the molecule is C[C@H](NC(=O)c1ccccc1)C(=O)OCC(=O)Nc1nnc(-c2ccccc2)o1. The largest absolute Gasteiger partial charge is 0.454 e. The summed E-state index contributed by atoms with van der Waals surface area (Å²) < 4.78 is 10.3. The van der Waals surface area contributed by atoms with Gasteiger partial charge in [-0.2, -0.15) is 0 Å². The molecule has 0 fully saturated rings. The summed E-state index contributed by atoms with van der Waals surface area (Å²) in [6.45, 7) is 0.901. The van der Waals surface area contributed by atoms with Crippen LogP contribution >= 0.6 is 0 Å². The second kappa shape index (κ2) is 9.27. The van der Waals surface area contributed by atoms with Crippen LogP contribution < -0.4 is 10.6 Å². The molecule has 1 atom stereocenters. The van der Waals surface area contributed by atoms with Gasteiger partial charge in [-0.1, -0.05) is 41.5 Å². The van der Waals surface area contributed by atoms with Crippen LogP contribution in [0.25, 0.3) is 11.5 Å². The zero-order chi connectivity index (χ0) is 20.6. The van der Waals surface area contributed by atoms with E-state index in [1.165, 1.54) is 6.92 Å². The molecule has 0 aliphatic carbocycles. The van der Waals surface area contributed by atoms with Gasteiger partial charge >= 0.3 is 12.0 Å². The number of hydrogen-bond donors (Lipinski definition) is 2. The number of carbonyl (C=O) groups is 3. The van der Waals surface area contributed by atoms with Gasteiger partial charge in [0.15, 0.2) is 6.61 Å². The minimum absolute atomic E-state index is 0.115. The van der Waals surface area contributed by atoms with Gasteiger partial charge in [-0.05, 0) is 31.2 Å². The fraction of sp³-hybridized carbons (Fsp3) is 0.150. The number of nitrogens with one attached hydrogen (secondary N) is 2. The number of rotatable bonds is 7. The maximum Gasteiger partial charge on any atom is 0.328 e. The van der Waals surface area contributed by atoms with Crippen molar-refractivity contribution in [3.8, 4) is 11.5 Å². The normalized spacial score (nSPS) is 11.3. The van der Waals surface area contributed by atoms with Crippen LogP contribution in [0.5, 0.6) is 0 Å². The van der Waals surface area contributed by atoms with E-state index in [0.29, 0.717) is 11.1 Å². The summed E-state index contributed by atoms with van der Waals surface area (Å²) in [5.74, 6) is -1.57. The van der Waals surface area contributed by atoms with Crippen LogP contribution in [0.3, 0.4) is 0 Å². The first-order chi connectivity index (χ1) is 14.0. The van der Waals surface area contributed by atoms with Gasteiger partial charge in [0, 0.05) is 11.1 Å². The Morgan fingerprint density at radius 2 is 1.66 bits per heavy atom. The molecule has 0 spiro atoms. The zero-order valence-electron chi connectivity index (χ0n) is 15.5. The molecule has 1 heterocycles. The lowest BCUT2D eigenvalue weighted by Gasteiger charge is -2.13. The van der Waals surface area contributed by atoms with Crippen molar-refractivity contribution in [3.63, 3.8) is 0 Å². The van der Waals surface area contributed by atoms with Gasteiger partial charge in [0.2, 0.25) is 5.89 Å². The van der Waals surface area contributed by atoms with E-state index in [2.05, 4.69) is 20.8 Å². The van der Waals surface area contributed by atoms with Crippen LogP contribution in [-0.2, 0) is 14.3 Å². The highest BCUT2D eigenvalue weighted by Crippen LogP contribution is 2.18.